The third-order valence-corrected chi connectivity index (χ3v) is 3.27. The smallest absolute Gasteiger partial charge is 0.213 e. The minimum atomic E-state index is 0.0569. The van der Waals surface area contributed by atoms with Crippen LogP contribution in [-0.4, -0.2) is 18.1 Å². The lowest BCUT2D eigenvalue weighted by atomic mass is 9.95. The molecule has 0 aliphatic carbocycles. The predicted octanol–water partition coefficient (Wildman–Crippen LogP) is 3.58. The summed E-state index contributed by atoms with van der Waals surface area (Å²) in [6, 6.07) is 14.4. The van der Waals surface area contributed by atoms with Gasteiger partial charge in [-0.2, -0.15) is 0 Å². The van der Waals surface area contributed by atoms with Gasteiger partial charge in [-0.25, -0.2) is 4.98 Å². The lowest BCUT2D eigenvalue weighted by Gasteiger charge is -2.25. The monoisotopic (exact) mass is 284 g/mol. The molecule has 2 aromatic rings. The van der Waals surface area contributed by atoms with Crippen LogP contribution in [0.15, 0.2) is 48.7 Å². The lowest BCUT2D eigenvalue weighted by Crippen LogP contribution is -2.34. The number of nitrogens with zero attached hydrogens (tertiary/aromatic N) is 1. The second-order valence-corrected chi connectivity index (χ2v) is 6.22. The van der Waals surface area contributed by atoms with Crippen LogP contribution in [0, 0.1) is 12.3 Å². The molecular weight excluding hydrogens is 260 g/mol. The van der Waals surface area contributed by atoms with Crippen molar-refractivity contribution in [2.24, 2.45) is 5.41 Å². The Kier molecular flexibility index (Phi) is 5.34. The number of hydrogen-bond acceptors (Lipinski definition) is 3. The van der Waals surface area contributed by atoms with Crippen LogP contribution in [0.4, 0.5) is 0 Å². The molecule has 0 bridgehead atoms. The van der Waals surface area contributed by atoms with Crippen molar-refractivity contribution >= 4 is 0 Å². The van der Waals surface area contributed by atoms with E-state index in [0.717, 1.165) is 18.7 Å². The van der Waals surface area contributed by atoms with Crippen LogP contribution in [0.25, 0.3) is 0 Å². The Balaban J connectivity index is 1.75. The molecule has 0 aliphatic rings. The number of hydrogen-bond donors (Lipinski definition) is 1. The maximum absolute atomic E-state index is 5.78. The van der Waals surface area contributed by atoms with Crippen molar-refractivity contribution in [3.8, 4) is 5.88 Å². The highest BCUT2D eigenvalue weighted by Crippen LogP contribution is 2.17. The van der Waals surface area contributed by atoms with Crippen molar-refractivity contribution < 1.29 is 4.74 Å². The summed E-state index contributed by atoms with van der Waals surface area (Å²) >= 11 is 0. The molecule has 0 spiro atoms. The van der Waals surface area contributed by atoms with Gasteiger partial charge in [0.25, 0.3) is 0 Å². The van der Waals surface area contributed by atoms with Gasteiger partial charge >= 0.3 is 0 Å². The van der Waals surface area contributed by atoms with Crippen LogP contribution in [0.2, 0.25) is 0 Å². The van der Waals surface area contributed by atoms with E-state index >= 15 is 0 Å². The fourth-order valence-electron chi connectivity index (χ4n) is 2.00. The molecule has 0 unspecified atom stereocenters. The minimum Gasteiger partial charge on any atom is -0.477 e. The van der Waals surface area contributed by atoms with E-state index in [4.69, 9.17) is 4.74 Å². The zero-order valence-corrected chi connectivity index (χ0v) is 13.1. The Morgan fingerprint density at radius 2 is 1.86 bits per heavy atom. The number of nitrogens with one attached hydrogen (secondary N) is 1. The van der Waals surface area contributed by atoms with E-state index in [9.17, 15) is 0 Å². The Labute approximate surface area is 127 Å². The van der Waals surface area contributed by atoms with Gasteiger partial charge in [-0.3, -0.25) is 0 Å². The van der Waals surface area contributed by atoms with E-state index in [1.807, 2.05) is 31.3 Å². The quantitative estimate of drug-likeness (QED) is 0.843. The van der Waals surface area contributed by atoms with E-state index in [0.29, 0.717) is 12.5 Å². The second kappa shape index (κ2) is 7.23. The number of aryl methyl sites for hydroxylation is 1. The standard InChI is InChI=1S/C18H24N2O/c1-15-9-10-17(20-11-15)21-14-18(2,3)13-19-12-16-7-5-4-6-8-16/h4-11,19H,12-14H2,1-3H3. The summed E-state index contributed by atoms with van der Waals surface area (Å²) in [4.78, 5) is 4.27. The molecule has 0 aliphatic heterocycles. The molecule has 0 atom stereocenters. The number of aromatic nitrogens is 1. The summed E-state index contributed by atoms with van der Waals surface area (Å²) in [5.41, 5.74) is 2.50. The molecule has 0 amide bonds. The maximum atomic E-state index is 5.78. The van der Waals surface area contributed by atoms with Crippen LogP contribution in [0.5, 0.6) is 5.88 Å². The van der Waals surface area contributed by atoms with E-state index in [2.05, 4.69) is 48.4 Å². The molecule has 0 radical (unpaired) electrons. The highest BCUT2D eigenvalue weighted by molar-refractivity contribution is 5.16. The first kappa shape index (κ1) is 15.5. The van der Waals surface area contributed by atoms with Gasteiger partial charge in [0.1, 0.15) is 0 Å². The predicted molar refractivity (Wildman–Crippen MR) is 86.4 cm³/mol. The van der Waals surface area contributed by atoms with E-state index < -0.39 is 0 Å². The van der Waals surface area contributed by atoms with Crippen LogP contribution in [-0.2, 0) is 6.54 Å². The van der Waals surface area contributed by atoms with Crippen molar-refractivity contribution in [3.63, 3.8) is 0 Å². The Morgan fingerprint density at radius 3 is 2.52 bits per heavy atom. The average Bonchev–Trinajstić information content (AvgIpc) is 2.48. The highest BCUT2D eigenvalue weighted by atomic mass is 16.5. The molecule has 1 N–H and O–H groups in total. The molecule has 0 saturated heterocycles. The van der Waals surface area contributed by atoms with Gasteiger partial charge in [0.15, 0.2) is 0 Å². The maximum Gasteiger partial charge on any atom is 0.213 e. The van der Waals surface area contributed by atoms with E-state index in [1.54, 1.807) is 0 Å². The lowest BCUT2D eigenvalue weighted by molar-refractivity contribution is 0.170. The first-order valence-electron chi connectivity index (χ1n) is 7.35. The molecule has 0 fully saturated rings. The van der Waals surface area contributed by atoms with Crippen molar-refractivity contribution in [1.29, 1.82) is 0 Å². The Morgan fingerprint density at radius 1 is 1.10 bits per heavy atom. The van der Waals surface area contributed by atoms with E-state index in [1.165, 1.54) is 5.56 Å². The number of pyridine rings is 1. The van der Waals surface area contributed by atoms with E-state index in [-0.39, 0.29) is 5.41 Å². The molecule has 3 heteroatoms. The normalized spacial score (nSPS) is 11.4. The first-order valence-corrected chi connectivity index (χ1v) is 7.35. The zero-order chi connectivity index (χ0) is 15.1. The average molecular weight is 284 g/mol. The number of rotatable bonds is 7. The largest absolute Gasteiger partial charge is 0.477 e. The first-order chi connectivity index (χ1) is 10.1. The third kappa shape index (κ3) is 5.56. The number of ether oxygens (including phenoxy) is 1. The highest BCUT2D eigenvalue weighted by Gasteiger charge is 2.18. The minimum absolute atomic E-state index is 0.0569. The molecule has 0 saturated carbocycles. The number of benzene rings is 1. The van der Waals surface area contributed by atoms with Crippen LogP contribution in [0.3, 0.4) is 0 Å². The van der Waals surface area contributed by atoms with Gasteiger partial charge < -0.3 is 10.1 Å². The summed E-state index contributed by atoms with van der Waals surface area (Å²) < 4.78 is 5.78. The van der Waals surface area contributed by atoms with Gasteiger partial charge in [-0.15, -0.1) is 0 Å². The molecule has 112 valence electrons. The molecule has 2 rings (SSSR count). The summed E-state index contributed by atoms with van der Waals surface area (Å²) in [7, 11) is 0. The molecule has 1 aromatic heterocycles. The fourth-order valence-corrected chi connectivity index (χ4v) is 2.00. The van der Waals surface area contributed by atoms with Crippen molar-refractivity contribution in [2.45, 2.75) is 27.3 Å². The SMILES string of the molecule is Cc1ccc(OCC(C)(C)CNCc2ccccc2)nc1. The molecule has 1 aromatic carbocycles. The van der Waals surface area contributed by atoms with Crippen LogP contribution in [0.1, 0.15) is 25.0 Å². The molecule has 21 heavy (non-hydrogen) atoms. The van der Waals surface area contributed by atoms with Crippen molar-refractivity contribution in [2.75, 3.05) is 13.2 Å². The van der Waals surface area contributed by atoms with Gasteiger partial charge in [0, 0.05) is 30.8 Å². The van der Waals surface area contributed by atoms with Crippen molar-refractivity contribution in [1.82, 2.24) is 10.3 Å². The summed E-state index contributed by atoms with van der Waals surface area (Å²) in [6.07, 6.45) is 1.83. The summed E-state index contributed by atoms with van der Waals surface area (Å²) in [5.74, 6) is 0.691. The van der Waals surface area contributed by atoms with Gasteiger partial charge in [0.2, 0.25) is 5.88 Å². The second-order valence-electron chi connectivity index (χ2n) is 6.22. The van der Waals surface area contributed by atoms with Gasteiger partial charge in [-0.05, 0) is 18.1 Å². The van der Waals surface area contributed by atoms with Crippen LogP contribution < -0.4 is 10.1 Å². The zero-order valence-electron chi connectivity index (χ0n) is 13.1. The molecule has 3 nitrogen and oxygen atoms in total. The molecule has 1 heterocycles. The fraction of sp³-hybridized carbons (Fsp3) is 0.389. The van der Waals surface area contributed by atoms with Gasteiger partial charge in [-0.1, -0.05) is 50.2 Å². The topological polar surface area (TPSA) is 34.1 Å². The summed E-state index contributed by atoms with van der Waals surface area (Å²) in [5, 5.41) is 3.49. The van der Waals surface area contributed by atoms with Crippen LogP contribution >= 0.6 is 0 Å². The molecular formula is C18H24N2O. The Hall–Kier alpha value is -1.87. The third-order valence-electron chi connectivity index (χ3n) is 3.27. The summed E-state index contributed by atoms with van der Waals surface area (Å²) in [6.45, 7) is 8.83. The van der Waals surface area contributed by atoms with Gasteiger partial charge in [0.05, 0.1) is 6.61 Å². The van der Waals surface area contributed by atoms with Crippen molar-refractivity contribution in [3.05, 3.63) is 59.8 Å². The Bertz CT molecular complexity index is 535.